The molecule has 0 aliphatic carbocycles. The average molecular weight is 335 g/mol. The molecular weight excluding hydrogens is 314 g/mol. The number of benzene rings is 2. The van der Waals surface area contributed by atoms with Crippen LogP contribution < -0.4 is 0 Å². The van der Waals surface area contributed by atoms with Gasteiger partial charge >= 0.3 is 5.97 Å². The molecule has 0 bridgehead atoms. The molecule has 2 heterocycles. The third-order valence-electron chi connectivity index (χ3n) is 5.35. The molecule has 2 aromatic carbocycles. The fourth-order valence-electron chi connectivity index (χ4n) is 4.12. The Labute approximate surface area is 146 Å². The van der Waals surface area contributed by atoms with Crippen molar-refractivity contribution in [3.05, 3.63) is 70.9 Å². The summed E-state index contributed by atoms with van der Waals surface area (Å²) in [5.41, 5.74) is 3.53. The summed E-state index contributed by atoms with van der Waals surface area (Å²) in [5, 5.41) is 12.4. The van der Waals surface area contributed by atoms with Crippen molar-refractivity contribution in [3.63, 3.8) is 0 Å². The van der Waals surface area contributed by atoms with Crippen LogP contribution >= 0.6 is 0 Å². The highest BCUT2D eigenvalue weighted by Gasteiger charge is 2.51. The number of rotatable bonds is 2. The summed E-state index contributed by atoms with van der Waals surface area (Å²) in [6.45, 7) is 4.10. The summed E-state index contributed by atoms with van der Waals surface area (Å²) in [4.78, 5) is 12.5. The fourth-order valence-corrected chi connectivity index (χ4v) is 4.12. The number of aryl methyl sites for hydroxylation is 2. The summed E-state index contributed by atoms with van der Waals surface area (Å²) >= 11 is 0. The van der Waals surface area contributed by atoms with E-state index in [0.29, 0.717) is 0 Å². The number of para-hydroxylation sites is 1. The van der Waals surface area contributed by atoms with Gasteiger partial charge in [0.05, 0.1) is 12.6 Å². The van der Waals surface area contributed by atoms with Gasteiger partial charge in [-0.1, -0.05) is 48.0 Å². The quantitative estimate of drug-likeness (QED) is 0.728. The molecule has 0 unspecified atom stereocenters. The first-order valence-electron chi connectivity index (χ1n) is 8.45. The van der Waals surface area contributed by atoms with Crippen molar-refractivity contribution in [2.24, 2.45) is 0 Å². The molecule has 0 radical (unpaired) electrons. The minimum absolute atomic E-state index is 0.0582. The lowest BCUT2D eigenvalue weighted by Crippen LogP contribution is -2.40. The van der Waals surface area contributed by atoms with Gasteiger partial charge in [-0.3, -0.25) is 0 Å². The van der Waals surface area contributed by atoms with Crippen molar-refractivity contribution in [1.82, 2.24) is 4.57 Å². The number of carbonyl (C=O) groups is 1. The van der Waals surface area contributed by atoms with E-state index in [1.165, 1.54) is 12.7 Å². The van der Waals surface area contributed by atoms with E-state index in [4.69, 9.17) is 4.74 Å². The standard InChI is InChI=1S/C21H21NO3/c1-13-8-10-15(11-9-13)17-12-21(24,20(23)25-3)22-18-7-5-4-6-16(18)14(2)19(17)22/h4-11,17,24H,12H2,1-3H3/t17-,21+/m0/s1. The first-order chi connectivity index (χ1) is 12.0. The number of esters is 1. The van der Waals surface area contributed by atoms with Crippen LogP contribution in [0.25, 0.3) is 10.9 Å². The Morgan fingerprint density at radius 1 is 1.16 bits per heavy atom. The van der Waals surface area contributed by atoms with Crippen LogP contribution in [0.3, 0.4) is 0 Å². The number of aliphatic hydroxyl groups is 1. The van der Waals surface area contributed by atoms with E-state index in [-0.39, 0.29) is 12.3 Å². The number of nitrogens with zero attached hydrogens (tertiary/aromatic N) is 1. The number of fused-ring (bicyclic) bond motifs is 3. The maximum atomic E-state index is 12.5. The molecule has 1 aromatic heterocycles. The molecule has 2 atom stereocenters. The maximum absolute atomic E-state index is 12.5. The smallest absolute Gasteiger partial charge is 0.359 e. The Balaban J connectivity index is 2.01. The molecule has 128 valence electrons. The first-order valence-corrected chi connectivity index (χ1v) is 8.45. The zero-order valence-corrected chi connectivity index (χ0v) is 14.6. The second-order valence-electron chi connectivity index (χ2n) is 6.84. The van der Waals surface area contributed by atoms with Crippen LogP contribution in [0, 0.1) is 13.8 Å². The molecule has 1 aliphatic rings. The van der Waals surface area contributed by atoms with Crippen LogP contribution in [0.15, 0.2) is 48.5 Å². The Hall–Kier alpha value is -2.59. The van der Waals surface area contributed by atoms with Crippen LogP contribution in [-0.2, 0) is 15.3 Å². The van der Waals surface area contributed by atoms with Crippen molar-refractivity contribution in [2.75, 3.05) is 7.11 Å². The van der Waals surface area contributed by atoms with E-state index in [1.807, 2.05) is 31.2 Å². The Morgan fingerprint density at radius 2 is 1.84 bits per heavy atom. The van der Waals surface area contributed by atoms with Crippen molar-refractivity contribution in [3.8, 4) is 0 Å². The summed E-state index contributed by atoms with van der Waals surface area (Å²) in [6.07, 6.45) is 0.281. The van der Waals surface area contributed by atoms with Crippen molar-refractivity contribution < 1.29 is 14.6 Å². The zero-order chi connectivity index (χ0) is 17.8. The lowest BCUT2D eigenvalue weighted by atomic mass is 9.89. The van der Waals surface area contributed by atoms with Gasteiger partial charge < -0.3 is 14.4 Å². The second kappa shape index (κ2) is 5.46. The normalized spacial score (nSPS) is 22.2. The minimum Gasteiger partial charge on any atom is -0.465 e. The molecule has 1 aliphatic heterocycles. The van der Waals surface area contributed by atoms with Gasteiger partial charge in [0.25, 0.3) is 0 Å². The molecule has 0 fully saturated rings. The highest BCUT2D eigenvalue weighted by molar-refractivity contribution is 5.90. The maximum Gasteiger partial charge on any atom is 0.359 e. The highest BCUT2D eigenvalue weighted by atomic mass is 16.5. The van der Waals surface area contributed by atoms with Crippen LogP contribution in [-0.4, -0.2) is 22.8 Å². The lowest BCUT2D eigenvalue weighted by molar-refractivity contribution is -0.172. The van der Waals surface area contributed by atoms with E-state index in [2.05, 4.69) is 31.2 Å². The molecule has 0 saturated carbocycles. The molecule has 0 amide bonds. The van der Waals surface area contributed by atoms with E-state index >= 15 is 0 Å². The van der Waals surface area contributed by atoms with Crippen LogP contribution in [0.2, 0.25) is 0 Å². The summed E-state index contributed by atoms with van der Waals surface area (Å²) in [6, 6.07) is 16.1. The van der Waals surface area contributed by atoms with Gasteiger partial charge in [-0.15, -0.1) is 0 Å². The summed E-state index contributed by atoms with van der Waals surface area (Å²) in [7, 11) is 1.32. The average Bonchev–Trinajstić information content (AvgIpc) is 3.10. The zero-order valence-electron chi connectivity index (χ0n) is 14.6. The molecule has 1 N–H and O–H groups in total. The molecular formula is C21H21NO3. The third kappa shape index (κ3) is 2.14. The summed E-state index contributed by atoms with van der Waals surface area (Å²) < 4.78 is 6.72. The molecule has 4 rings (SSSR count). The largest absolute Gasteiger partial charge is 0.465 e. The molecule has 0 saturated heterocycles. The Kier molecular flexibility index (Phi) is 3.48. The number of carbonyl (C=O) groups excluding carboxylic acids is 1. The van der Waals surface area contributed by atoms with Gasteiger partial charge in [0.2, 0.25) is 5.72 Å². The minimum atomic E-state index is -1.69. The fraction of sp³-hybridized carbons (Fsp3) is 0.286. The first kappa shape index (κ1) is 15.9. The van der Waals surface area contributed by atoms with Crippen LogP contribution in [0.4, 0.5) is 0 Å². The van der Waals surface area contributed by atoms with Crippen molar-refractivity contribution in [2.45, 2.75) is 31.9 Å². The molecule has 0 spiro atoms. The van der Waals surface area contributed by atoms with Crippen molar-refractivity contribution >= 4 is 16.9 Å². The topological polar surface area (TPSA) is 51.5 Å². The number of ether oxygens (including phenoxy) is 1. The monoisotopic (exact) mass is 335 g/mol. The number of hydrogen-bond donors (Lipinski definition) is 1. The van der Waals surface area contributed by atoms with E-state index in [9.17, 15) is 9.90 Å². The SMILES string of the molecule is COC(=O)[C@]1(O)C[C@@H](c2ccc(C)cc2)c2c(C)c3ccccc3n21. The number of hydrogen-bond acceptors (Lipinski definition) is 3. The predicted molar refractivity (Wildman–Crippen MR) is 96.5 cm³/mol. The van der Waals surface area contributed by atoms with Crippen LogP contribution in [0.1, 0.15) is 34.7 Å². The number of methoxy groups -OCH3 is 1. The van der Waals surface area contributed by atoms with Crippen LogP contribution in [0.5, 0.6) is 0 Å². The predicted octanol–water partition coefficient (Wildman–Crippen LogP) is 3.61. The Bertz CT molecular complexity index is 971. The van der Waals surface area contributed by atoms with Gasteiger partial charge in [0, 0.05) is 23.4 Å². The Morgan fingerprint density at radius 3 is 2.52 bits per heavy atom. The molecule has 4 nitrogen and oxygen atoms in total. The van der Waals surface area contributed by atoms with Gasteiger partial charge in [-0.25, -0.2) is 4.79 Å². The van der Waals surface area contributed by atoms with Crippen molar-refractivity contribution in [1.29, 1.82) is 0 Å². The van der Waals surface area contributed by atoms with E-state index in [0.717, 1.165) is 27.7 Å². The van der Waals surface area contributed by atoms with E-state index in [1.54, 1.807) is 4.57 Å². The summed E-state index contributed by atoms with van der Waals surface area (Å²) in [5.74, 6) is -0.679. The third-order valence-corrected chi connectivity index (χ3v) is 5.35. The van der Waals surface area contributed by atoms with Gasteiger partial charge in [-0.2, -0.15) is 0 Å². The molecule has 4 heteroatoms. The van der Waals surface area contributed by atoms with E-state index < -0.39 is 11.7 Å². The lowest BCUT2D eigenvalue weighted by Gasteiger charge is -2.23. The molecule has 25 heavy (non-hydrogen) atoms. The molecule has 3 aromatic rings. The van der Waals surface area contributed by atoms with Gasteiger partial charge in [0.15, 0.2) is 0 Å². The number of aromatic nitrogens is 1. The highest BCUT2D eigenvalue weighted by Crippen LogP contribution is 2.48. The second-order valence-corrected chi connectivity index (χ2v) is 6.84. The van der Waals surface area contributed by atoms with Gasteiger partial charge in [0.1, 0.15) is 0 Å². The van der Waals surface area contributed by atoms with Gasteiger partial charge in [-0.05, 0) is 31.0 Å².